The fraction of sp³-hybridized carbons (Fsp3) is 0.600. The average molecular weight is 289 g/mol. The van der Waals surface area contributed by atoms with E-state index in [4.69, 9.17) is 10.2 Å². The van der Waals surface area contributed by atoms with E-state index >= 15 is 0 Å². The van der Waals surface area contributed by atoms with Gasteiger partial charge in [0, 0.05) is 18.8 Å². The van der Waals surface area contributed by atoms with E-state index in [1.54, 1.807) is 0 Å². The van der Waals surface area contributed by atoms with E-state index < -0.39 is 16.0 Å². The minimum Gasteiger partial charge on any atom is -0.480 e. The number of carboxylic acid groups (broad SMARTS) is 1. The van der Waals surface area contributed by atoms with Gasteiger partial charge in [0.2, 0.25) is 10.0 Å². The number of nitrogens with zero attached hydrogens (tertiary/aromatic N) is 3. The lowest BCUT2D eigenvalue weighted by Gasteiger charge is -2.19. The van der Waals surface area contributed by atoms with E-state index in [0.717, 1.165) is 23.7 Å². The Morgan fingerprint density at radius 2 is 2.21 bits per heavy atom. The average Bonchev–Trinajstić information content (AvgIpc) is 3.04. The second-order valence-corrected chi connectivity index (χ2v) is 6.23. The van der Waals surface area contributed by atoms with Crippen molar-refractivity contribution in [2.75, 3.05) is 13.2 Å². The lowest BCUT2D eigenvalue weighted by Crippen LogP contribution is -2.35. The maximum absolute atomic E-state index is 12.3. The van der Waals surface area contributed by atoms with Crippen LogP contribution in [-0.4, -0.2) is 57.9 Å². The zero-order valence-electron chi connectivity index (χ0n) is 10.1. The van der Waals surface area contributed by atoms with Crippen molar-refractivity contribution in [3.05, 3.63) is 12.4 Å². The summed E-state index contributed by atoms with van der Waals surface area (Å²) in [6.07, 6.45) is 3.88. The molecule has 1 heterocycles. The van der Waals surface area contributed by atoms with Crippen LogP contribution in [0.2, 0.25) is 0 Å². The number of sulfonamides is 1. The molecular formula is C10H15N3O5S. The molecule has 0 amide bonds. The molecular weight excluding hydrogens is 274 g/mol. The van der Waals surface area contributed by atoms with Gasteiger partial charge in [0.15, 0.2) is 0 Å². The number of aliphatic hydroxyl groups excluding tert-OH is 1. The van der Waals surface area contributed by atoms with Crippen LogP contribution in [0.1, 0.15) is 12.8 Å². The molecule has 1 fully saturated rings. The summed E-state index contributed by atoms with van der Waals surface area (Å²) < 4.78 is 26.9. The Morgan fingerprint density at radius 1 is 1.53 bits per heavy atom. The molecule has 0 unspecified atom stereocenters. The fourth-order valence-electron chi connectivity index (χ4n) is 1.80. The molecule has 1 aliphatic rings. The third-order valence-electron chi connectivity index (χ3n) is 2.79. The molecule has 1 aliphatic carbocycles. The lowest BCUT2D eigenvalue weighted by atomic mass is 10.6. The molecule has 0 saturated heterocycles. The van der Waals surface area contributed by atoms with Crippen LogP contribution in [0.3, 0.4) is 0 Å². The number of aliphatic hydroxyl groups is 1. The molecule has 1 aromatic heterocycles. The molecule has 1 aromatic rings. The van der Waals surface area contributed by atoms with Gasteiger partial charge < -0.3 is 10.2 Å². The normalized spacial score (nSPS) is 15.9. The molecule has 9 heteroatoms. The minimum absolute atomic E-state index is 0.0388. The predicted octanol–water partition coefficient (Wildman–Crippen LogP) is -0.887. The maximum atomic E-state index is 12.3. The van der Waals surface area contributed by atoms with E-state index in [9.17, 15) is 13.2 Å². The van der Waals surface area contributed by atoms with Gasteiger partial charge in [0.05, 0.1) is 12.8 Å². The zero-order valence-corrected chi connectivity index (χ0v) is 11.0. The lowest BCUT2D eigenvalue weighted by molar-refractivity contribution is -0.137. The first-order valence-corrected chi connectivity index (χ1v) is 7.26. The quantitative estimate of drug-likeness (QED) is 0.673. The van der Waals surface area contributed by atoms with Gasteiger partial charge in [-0.05, 0) is 12.8 Å². The van der Waals surface area contributed by atoms with Crippen molar-refractivity contribution >= 4 is 16.0 Å². The van der Waals surface area contributed by atoms with Crippen LogP contribution in [0, 0.1) is 0 Å². The summed E-state index contributed by atoms with van der Waals surface area (Å²) in [5.41, 5.74) is 0. The first-order valence-electron chi connectivity index (χ1n) is 5.82. The molecule has 0 spiro atoms. The van der Waals surface area contributed by atoms with Crippen LogP contribution in [0.15, 0.2) is 17.3 Å². The summed E-state index contributed by atoms with van der Waals surface area (Å²) in [5.74, 6) is -1.10. The molecule has 19 heavy (non-hydrogen) atoms. The van der Waals surface area contributed by atoms with Crippen molar-refractivity contribution in [2.45, 2.75) is 30.3 Å². The van der Waals surface area contributed by atoms with Crippen molar-refractivity contribution in [2.24, 2.45) is 0 Å². The van der Waals surface area contributed by atoms with Crippen LogP contribution in [0.25, 0.3) is 0 Å². The number of aromatic nitrogens is 2. The van der Waals surface area contributed by atoms with Crippen LogP contribution >= 0.6 is 0 Å². The first-order chi connectivity index (χ1) is 8.95. The maximum Gasteiger partial charge on any atom is 0.325 e. The van der Waals surface area contributed by atoms with Gasteiger partial charge in [0.25, 0.3) is 0 Å². The highest BCUT2D eigenvalue weighted by atomic mass is 32.2. The number of hydrogen-bond acceptors (Lipinski definition) is 5. The van der Waals surface area contributed by atoms with Gasteiger partial charge in [-0.25, -0.2) is 8.42 Å². The van der Waals surface area contributed by atoms with E-state index in [2.05, 4.69) is 5.10 Å². The summed E-state index contributed by atoms with van der Waals surface area (Å²) >= 11 is 0. The Hall–Kier alpha value is -1.45. The molecule has 0 bridgehead atoms. The van der Waals surface area contributed by atoms with Crippen molar-refractivity contribution in [1.29, 1.82) is 0 Å². The smallest absolute Gasteiger partial charge is 0.325 e. The number of rotatable bonds is 7. The number of hydrogen-bond donors (Lipinski definition) is 2. The van der Waals surface area contributed by atoms with Gasteiger partial charge in [-0.1, -0.05) is 0 Å². The number of carboxylic acids is 1. The highest BCUT2D eigenvalue weighted by Crippen LogP contribution is 2.31. The van der Waals surface area contributed by atoms with Gasteiger partial charge in [-0.15, -0.1) is 0 Å². The molecule has 0 aromatic carbocycles. The van der Waals surface area contributed by atoms with E-state index in [0.29, 0.717) is 0 Å². The van der Waals surface area contributed by atoms with Gasteiger partial charge in [-0.2, -0.15) is 9.40 Å². The van der Waals surface area contributed by atoms with Gasteiger partial charge in [-0.3, -0.25) is 9.48 Å². The molecule has 106 valence electrons. The van der Waals surface area contributed by atoms with E-state index in [1.165, 1.54) is 10.5 Å². The monoisotopic (exact) mass is 289 g/mol. The molecule has 2 rings (SSSR count). The van der Waals surface area contributed by atoms with Crippen LogP contribution in [0.4, 0.5) is 0 Å². The molecule has 0 atom stereocenters. The Balaban J connectivity index is 2.22. The topological polar surface area (TPSA) is 113 Å². The van der Waals surface area contributed by atoms with Crippen molar-refractivity contribution < 1.29 is 23.4 Å². The summed E-state index contributed by atoms with van der Waals surface area (Å²) in [6, 6.07) is -0.0695. The zero-order chi connectivity index (χ0) is 14.0. The summed E-state index contributed by atoms with van der Waals surface area (Å²) in [7, 11) is -3.72. The highest BCUT2D eigenvalue weighted by molar-refractivity contribution is 7.89. The van der Waals surface area contributed by atoms with Crippen LogP contribution < -0.4 is 0 Å². The van der Waals surface area contributed by atoms with Gasteiger partial charge >= 0.3 is 5.97 Å². The van der Waals surface area contributed by atoms with Gasteiger partial charge in [0.1, 0.15) is 11.4 Å². The highest BCUT2D eigenvalue weighted by Gasteiger charge is 2.38. The van der Waals surface area contributed by atoms with Crippen LogP contribution in [0.5, 0.6) is 0 Å². The molecule has 2 N–H and O–H groups in total. The third-order valence-corrected chi connectivity index (χ3v) is 4.69. The summed E-state index contributed by atoms with van der Waals surface area (Å²) in [4.78, 5) is 10.5. The molecule has 8 nitrogen and oxygen atoms in total. The van der Waals surface area contributed by atoms with E-state index in [1.807, 2.05) is 0 Å². The first kappa shape index (κ1) is 14.0. The molecule has 1 saturated carbocycles. The second-order valence-electron chi connectivity index (χ2n) is 4.34. The molecule has 0 aliphatic heterocycles. The standard InChI is InChI=1S/C10H15N3O5S/c14-4-3-13(8-1-2-8)19(17,18)9-5-11-12(6-9)7-10(15)16/h5-6,8,14H,1-4,7H2,(H,15,16). The van der Waals surface area contributed by atoms with Crippen LogP contribution in [-0.2, 0) is 21.4 Å². The summed E-state index contributed by atoms with van der Waals surface area (Å²) in [6.45, 7) is -0.602. The SMILES string of the molecule is O=C(O)Cn1cc(S(=O)(=O)N(CCO)C2CC2)cn1. The number of carbonyl (C=O) groups is 1. The van der Waals surface area contributed by atoms with Crippen molar-refractivity contribution in [3.63, 3.8) is 0 Å². The molecule has 0 radical (unpaired) electrons. The third kappa shape index (κ3) is 3.11. The minimum atomic E-state index is -3.72. The van der Waals surface area contributed by atoms with Crippen molar-refractivity contribution in [3.8, 4) is 0 Å². The second kappa shape index (κ2) is 5.27. The Labute approximate surface area is 110 Å². The fourth-order valence-corrected chi connectivity index (χ4v) is 3.43. The Morgan fingerprint density at radius 3 is 2.74 bits per heavy atom. The Kier molecular flexibility index (Phi) is 3.88. The largest absolute Gasteiger partial charge is 0.480 e. The predicted molar refractivity (Wildman–Crippen MR) is 63.9 cm³/mol. The summed E-state index contributed by atoms with van der Waals surface area (Å²) in [5, 5.41) is 21.3. The number of aliphatic carboxylic acids is 1. The van der Waals surface area contributed by atoms with Crippen molar-refractivity contribution in [1.82, 2.24) is 14.1 Å². The Bertz CT molecular complexity index is 563. The van der Waals surface area contributed by atoms with E-state index in [-0.39, 0.29) is 30.6 Å².